The van der Waals surface area contributed by atoms with Gasteiger partial charge in [0.25, 0.3) is 0 Å². The van der Waals surface area contributed by atoms with Crippen LogP contribution < -0.4 is 10.6 Å². The lowest BCUT2D eigenvalue weighted by Crippen LogP contribution is -2.45. The molecule has 1 aliphatic rings. The van der Waals surface area contributed by atoms with Gasteiger partial charge >= 0.3 is 6.09 Å². The molecule has 1 heterocycles. The lowest BCUT2D eigenvalue weighted by molar-refractivity contribution is 0.179. The van der Waals surface area contributed by atoms with Gasteiger partial charge in [0.1, 0.15) is 0 Å². The summed E-state index contributed by atoms with van der Waals surface area (Å²) in [5, 5.41) is 15.6. The largest absolute Gasteiger partial charge is 0.465 e. The van der Waals surface area contributed by atoms with E-state index in [1.54, 1.807) is 0 Å². The second-order valence-electron chi connectivity index (χ2n) is 4.98. The fourth-order valence-corrected chi connectivity index (χ4v) is 2.87. The van der Waals surface area contributed by atoms with Crippen molar-refractivity contribution in [1.82, 2.24) is 10.6 Å². The van der Waals surface area contributed by atoms with Gasteiger partial charge in [-0.05, 0) is 56.0 Å². The summed E-state index contributed by atoms with van der Waals surface area (Å²) in [6.07, 6.45) is 1.75. The fourth-order valence-electron chi connectivity index (χ4n) is 2.66. The summed E-state index contributed by atoms with van der Waals surface area (Å²) in [5.41, 5.74) is 1.07. The molecule has 1 amide bonds. The highest BCUT2D eigenvalue weighted by Crippen LogP contribution is 2.21. The second-order valence-corrected chi connectivity index (χ2v) is 5.41. The van der Waals surface area contributed by atoms with Crippen LogP contribution in [-0.4, -0.2) is 30.3 Å². The zero-order chi connectivity index (χ0) is 13.7. The van der Waals surface area contributed by atoms with Crippen molar-refractivity contribution >= 4 is 17.7 Å². The second kappa shape index (κ2) is 6.78. The van der Waals surface area contributed by atoms with Gasteiger partial charge in [0.15, 0.2) is 0 Å². The minimum absolute atomic E-state index is 0.0435. The molecule has 0 saturated carbocycles. The van der Waals surface area contributed by atoms with Crippen LogP contribution in [0.2, 0.25) is 5.02 Å². The highest BCUT2D eigenvalue weighted by Gasteiger charge is 2.25. The van der Waals surface area contributed by atoms with E-state index in [0.717, 1.165) is 31.5 Å². The molecule has 5 heteroatoms. The maximum absolute atomic E-state index is 11.0. The van der Waals surface area contributed by atoms with Crippen LogP contribution in [0, 0.1) is 5.92 Å². The minimum atomic E-state index is -0.953. The molecule has 0 radical (unpaired) electrons. The van der Waals surface area contributed by atoms with Crippen molar-refractivity contribution in [3.8, 4) is 0 Å². The molecule has 1 saturated heterocycles. The zero-order valence-corrected chi connectivity index (χ0v) is 11.5. The highest BCUT2D eigenvalue weighted by molar-refractivity contribution is 6.30. The molecule has 1 aromatic carbocycles. The molecule has 0 spiro atoms. The number of hydrogen-bond acceptors (Lipinski definition) is 2. The lowest BCUT2D eigenvalue weighted by Gasteiger charge is -2.30. The van der Waals surface area contributed by atoms with E-state index in [2.05, 4.69) is 10.6 Å². The van der Waals surface area contributed by atoms with Crippen LogP contribution in [0.15, 0.2) is 24.3 Å². The van der Waals surface area contributed by atoms with E-state index in [1.807, 2.05) is 24.3 Å². The summed E-state index contributed by atoms with van der Waals surface area (Å²) >= 11 is 5.97. The third-order valence-corrected chi connectivity index (χ3v) is 3.84. The Morgan fingerprint density at radius 2 is 2.21 bits per heavy atom. The quantitative estimate of drug-likeness (QED) is 0.795. The third kappa shape index (κ3) is 4.40. The van der Waals surface area contributed by atoms with E-state index in [9.17, 15) is 4.79 Å². The average molecular weight is 283 g/mol. The molecule has 0 aliphatic carbocycles. The van der Waals surface area contributed by atoms with Crippen LogP contribution in [0.25, 0.3) is 0 Å². The molecular weight excluding hydrogens is 264 g/mol. The third-order valence-electron chi connectivity index (χ3n) is 3.61. The van der Waals surface area contributed by atoms with Gasteiger partial charge in [-0.2, -0.15) is 0 Å². The van der Waals surface area contributed by atoms with E-state index in [-0.39, 0.29) is 6.04 Å². The Balaban J connectivity index is 2.06. The molecule has 104 valence electrons. The zero-order valence-electron chi connectivity index (χ0n) is 10.7. The van der Waals surface area contributed by atoms with Crippen molar-refractivity contribution in [2.45, 2.75) is 25.3 Å². The Morgan fingerprint density at radius 1 is 1.47 bits per heavy atom. The standard InChI is InChI=1S/C14H19ClN2O2/c15-12-3-1-2-10(8-12)9-13(17-14(18)19)11-4-6-16-7-5-11/h1-3,8,11,13,16-17H,4-7,9H2,(H,18,19). The molecule has 3 N–H and O–H groups in total. The summed E-state index contributed by atoms with van der Waals surface area (Å²) < 4.78 is 0. The molecule has 0 bridgehead atoms. The maximum Gasteiger partial charge on any atom is 0.404 e. The first kappa shape index (κ1) is 14.2. The molecule has 19 heavy (non-hydrogen) atoms. The van der Waals surface area contributed by atoms with Gasteiger partial charge in [-0.1, -0.05) is 23.7 Å². The Kier molecular flexibility index (Phi) is 5.05. The molecule has 2 rings (SSSR count). The average Bonchev–Trinajstić information content (AvgIpc) is 2.38. The van der Waals surface area contributed by atoms with Gasteiger partial charge in [0.2, 0.25) is 0 Å². The SMILES string of the molecule is O=C(O)NC(Cc1cccc(Cl)c1)C1CCNCC1. The monoisotopic (exact) mass is 282 g/mol. The Labute approximate surface area is 118 Å². The summed E-state index contributed by atoms with van der Waals surface area (Å²) in [7, 11) is 0. The number of carbonyl (C=O) groups is 1. The summed E-state index contributed by atoms with van der Waals surface area (Å²) in [5.74, 6) is 0.385. The maximum atomic E-state index is 11.0. The van der Waals surface area contributed by atoms with Crippen molar-refractivity contribution < 1.29 is 9.90 Å². The summed E-state index contributed by atoms with van der Waals surface area (Å²) in [4.78, 5) is 11.0. The van der Waals surface area contributed by atoms with Crippen LogP contribution in [0.1, 0.15) is 18.4 Å². The van der Waals surface area contributed by atoms with Crippen molar-refractivity contribution in [3.05, 3.63) is 34.9 Å². The highest BCUT2D eigenvalue weighted by atomic mass is 35.5. The van der Waals surface area contributed by atoms with Gasteiger partial charge < -0.3 is 15.7 Å². The fraction of sp³-hybridized carbons (Fsp3) is 0.500. The molecule has 1 aromatic rings. The predicted molar refractivity (Wildman–Crippen MR) is 75.7 cm³/mol. The Bertz CT molecular complexity index is 433. The molecule has 1 fully saturated rings. The molecule has 1 atom stereocenters. The van der Waals surface area contributed by atoms with Crippen molar-refractivity contribution in [2.75, 3.05) is 13.1 Å². The number of benzene rings is 1. The van der Waals surface area contributed by atoms with Gasteiger partial charge in [0, 0.05) is 11.1 Å². The summed E-state index contributed by atoms with van der Waals surface area (Å²) in [6, 6.07) is 7.58. The molecule has 1 unspecified atom stereocenters. The summed E-state index contributed by atoms with van der Waals surface area (Å²) in [6.45, 7) is 1.91. The number of halogens is 1. The number of amides is 1. The number of piperidine rings is 1. The first-order chi connectivity index (χ1) is 9.15. The van der Waals surface area contributed by atoms with Crippen LogP contribution in [0.3, 0.4) is 0 Å². The van der Waals surface area contributed by atoms with Crippen molar-refractivity contribution in [1.29, 1.82) is 0 Å². The van der Waals surface area contributed by atoms with Crippen LogP contribution in [0.4, 0.5) is 4.79 Å². The van der Waals surface area contributed by atoms with E-state index in [1.165, 1.54) is 0 Å². The van der Waals surface area contributed by atoms with Gasteiger partial charge in [0.05, 0.1) is 0 Å². The molecule has 4 nitrogen and oxygen atoms in total. The molecule has 0 aromatic heterocycles. The van der Waals surface area contributed by atoms with Crippen LogP contribution >= 0.6 is 11.6 Å². The number of hydrogen-bond donors (Lipinski definition) is 3. The minimum Gasteiger partial charge on any atom is -0.465 e. The van der Waals surface area contributed by atoms with Crippen molar-refractivity contribution in [3.63, 3.8) is 0 Å². The lowest BCUT2D eigenvalue weighted by atomic mass is 9.86. The van der Waals surface area contributed by atoms with Gasteiger partial charge in [-0.3, -0.25) is 0 Å². The molecular formula is C14H19ClN2O2. The van der Waals surface area contributed by atoms with Crippen LogP contribution in [0.5, 0.6) is 0 Å². The number of carboxylic acid groups (broad SMARTS) is 1. The normalized spacial score (nSPS) is 17.9. The smallest absolute Gasteiger partial charge is 0.404 e. The van der Waals surface area contributed by atoms with E-state index < -0.39 is 6.09 Å². The van der Waals surface area contributed by atoms with Gasteiger partial charge in [-0.15, -0.1) is 0 Å². The number of nitrogens with one attached hydrogen (secondary N) is 2. The Morgan fingerprint density at radius 3 is 2.84 bits per heavy atom. The first-order valence-corrected chi connectivity index (χ1v) is 6.97. The van der Waals surface area contributed by atoms with Crippen molar-refractivity contribution in [2.24, 2.45) is 5.92 Å². The van der Waals surface area contributed by atoms with E-state index >= 15 is 0 Å². The van der Waals surface area contributed by atoms with Crippen LogP contribution in [-0.2, 0) is 6.42 Å². The Hall–Kier alpha value is -1.26. The van der Waals surface area contributed by atoms with E-state index in [0.29, 0.717) is 17.4 Å². The molecule has 1 aliphatic heterocycles. The first-order valence-electron chi connectivity index (χ1n) is 6.60. The number of rotatable bonds is 4. The van der Waals surface area contributed by atoms with Gasteiger partial charge in [-0.25, -0.2) is 4.79 Å². The topological polar surface area (TPSA) is 61.4 Å². The van der Waals surface area contributed by atoms with E-state index in [4.69, 9.17) is 16.7 Å². The predicted octanol–water partition coefficient (Wildman–Crippen LogP) is 2.52.